The second-order valence-electron chi connectivity index (χ2n) is 5.75. The van der Waals surface area contributed by atoms with Gasteiger partial charge in [-0.1, -0.05) is 31.5 Å². The maximum absolute atomic E-state index is 12.2. The Morgan fingerprint density at radius 1 is 1.40 bits per heavy atom. The van der Waals surface area contributed by atoms with Gasteiger partial charge < -0.3 is 15.4 Å². The van der Waals surface area contributed by atoms with E-state index in [1.807, 2.05) is 25.1 Å². The molecule has 1 aromatic carbocycles. The Morgan fingerprint density at radius 2 is 2.05 bits per heavy atom. The Bertz CT molecular complexity index is 458. The van der Waals surface area contributed by atoms with Crippen molar-refractivity contribution in [1.29, 1.82) is 0 Å². The monoisotopic (exact) mass is 278 g/mol. The number of nitrogens with two attached hydrogens (primary N) is 1. The number of methoxy groups -OCH3 is 1. The third-order valence-corrected chi connectivity index (χ3v) is 3.26. The standard InChI is InChI=1S/C16H26N2O2/c1-11(2)8-14(17)16(19)18(4)10-13-9-12(3)6-7-15(13)20-5/h6-7,9,11,14H,8,10,17H2,1-5H3. The third kappa shape index (κ3) is 4.53. The van der Waals surface area contributed by atoms with E-state index in [-0.39, 0.29) is 5.91 Å². The van der Waals surface area contributed by atoms with E-state index in [1.165, 1.54) is 0 Å². The van der Waals surface area contributed by atoms with E-state index < -0.39 is 6.04 Å². The number of hydrogen-bond acceptors (Lipinski definition) is 3. The molecule has 0 spiro atoms. The summed E-state index contributed by atoms with van der Waals surface area (Å²) in [4.78, 5) is 13.9. The average Bonchev–Trinajstić information content (AvgIpc) is 2.37. The predicted octanol–water partition coefficient (Wildman–Crippen LogP) is 2.34. The van der Waals surface area contributed by atoms with Crippen molar-refractivity contribution in [2.75, 3.05) is 14.2 Å². The van der Waals surface area contributed by atoms with Crippen LogP contribution in [-0.2, 0) is 11.3 Å². The van der Waals surface area contributed by atoms with Gasteiger partial charge in [0.25, 0.3) is 0 Å². The van der Waals surface area contributed by atoms with Gasteiger partial charge in [0, 0.05) is 19.2 Å². The number of carbonyl (C=O) groups excluding carboxylic acids is 1. The maximum Gasteiger partial charge on any atom is 0.239 e. The molecule has 0 aromatic heterocycles. The number of ether oxygens (including phenoxy) is 1. The van der Waals surface area contributed by atoms with Gasteiger partial charge in [-0.2, -0.15) is 0 Å². The fourth-order valence-electron chi connectivity index (χ4n) is 2.26. The van der Waals surface area contributed by atoms with Crippen LogP contribution in [0.2, 0.25) is 0 Å². The SMILES string of the molecule is COc1ccc(C)cc1CN(C)C(=O)C(N)CC(C)C. The minimum absolute atomic E-state index is 0.0257. The minimum atomic E-state index is -0.434. The van der Waals surface area contributed by atoms with Gasteiger partial charge in [0.05, 0.1) is 13.2 Å². The van der Waals surface area contributed by atoms with Gasteiger partial charge in [-0.05, 0) is 25.3 Å². The molecule has 1 rings (SSSR count). The fraction of sp³-hybridized carbons (Fsp3) is 0.562. The highest BCUT2D eigenvalue weighted by atomic mass is 16.5. The summed E-state index contributed by atoms with van der Waals surface area (Å²) >= 11 is 0. The topological polar surface area (TPSA) is 55.6 Å². The number of hydrogen-bond donors (Lipinski definition) is 1. The minimum Gasteiger partial charge on any atom is -0.496 e. The zero-order chi connectivity index (χ0) is 15.3. The molecule has 1 atom stereocenters. The van der Waals surface area contributed by atoms with Crippen molar-refractivity contribution in [2.45, 2.75) is 39.8 Å². The lowest BCUT2D eigenvalue weighted by Gasteiger charge is -2.23. The molecule has 0 fully saturated rings. The van der Waals surface area contributed by atoms with Crippen LogP contribution in [0.4, 0.5) is 0 Å². The molecule has 0 radical (unpaired) electrons. The van der Waals surface area contributed by atoms with Gasteiger partial charge in [0.1, 0.15) is 5.75 Å². The highest BCUT2D eigenvalue weighted by Crippen LogP contribution is 2.21. The highest BCUT2D eigenvalue weighted by Gasteiger charge is 2.20. The summed E-state index contributed by atoms with van der Waals surface area (Å²) in [5.41, 5.74) is 8.10. The molecule has 0 bridgehead atoms. The highest BCUT2D eigenvalue weighted by molar-refractivity contribution is 5.81. The van der Waals surface area contributed by atoms with Crippen molar-refractivity contribution < 1.29 is 9.53 Å². The quantitative estimate of drug-likeness (QED) is 0.869. The van der Waals surface area contributed by atoms with Crippen molar-refractivity contribution >= 4 is 5.91 Å². The lowest BCUT2D eigenvalue weighted by molar-refractivity contribution is -0.132. The van der Waals surface area contributed by atoms with Gasteiger partial charge in [-0.25, -0.2) is 0 Å². The number of carbonyl (C=O) groups is 1. The van der Waals surface area contributed by atoms with E-state index in [9.17, 15) is 4.79 Å². The molecular formula is C16H26N2O2. The van der Waals surface area contributed by atoms with E-state index in [4.69, 9.17) is 10.5 Å². The van der Waals surface area contributed by atoms with Gasteiger partial charge >= 0.3 is 0 Å². The van der Waals surface area contributed by atoms with Crippen LogP contribution < -0.4 is 10.5 Å². The van der Waals surface area contributed by atoms with Crippen LogP contribution in [0.1, 0.15) is 31.4 Å². The van der Waals surface area contributed by atoms with Gasteiger partial charge in [0.15, 0.2) is 0 Å². The van der Waals surface area contributed by atoms with Crippen molar-refractivity contribution in [2.24, 2.45) is 11.7 Å². The van der Waals surface area contributed by atoms with Crippen molar-refractivity contribution in [3.05, 3.63) is 29.3 Å². The Labute approximate surface area is 121 Å². The molecule has 0 aliphatic rings. The number of likely N-dealkylation sites (N-methyl/N-ethyl adjacent to an activating group) is 1. The van der Waals surface area contributed by atoms with E-state index in [0.717, 1.165) is 16.9 Å². The summed E-state index contributed by atoms with van der Waals surface area (Å²) in [6, 6.07) is 5.53. The van der Waals surface area contributed by atoms with Crippen LogP contribution in [0.3, 0.4) is 0 Å². The molecule has 112 valence electrons. The van der Waals surface area contributed by atoms with E-state index in [1.54, 1.807) is 19.1 Å². The zero-order valence-electron chi connectivity index (χ0n) is 13.1. The Balaban J connectivity index is 2.77. The summed E-state index contributed by atoms with van der Waals surface area (Å²) in [5.74, 6) is 1.19. The van der Waals surface area contributed by atoms with Crippen molar-refractivity contribution in [3.8, 4) is 5.75 Å². The molecule has 20 heavy (non-hydrogen) atoms. The molecule has 4 heteroatoms. The second-order valence-corrected chi connectivity index (χ2v) is 5.75. The number of aryl methyl sites for hydroxylation is 1. The lowest BCUT2D eigenvalue weighted by atomic mass is 10.0. The largest absolute Gasteiger partial charge is 0.496 e. The van der Waals surface area contributed by atoms with E-state index in [0.29, 0.717) is 18.9 Å². The van der Waals surface area contributed by atoms with Crippen LogP contribution in [0.5, 0.6) is 5.75 Å². The first kappa shape index (κ1) is 16.5. The molecule has 1 aromatic rings. The molecule has 4 nitrogen and oxygen atoms in total. The Morgan fingerprint density at radius 3 is 2.60 bits per heavy atom. The summed E-state index contributed by atoms with van der Waals surface area (Å²) in [6.45, 7) is 6.66. The fourth-order valence-corrected chi connectivity index (χ4v) is 2.26. The summed E-state index contributed by atoms with van der Waals surface area (Å²) in [5, 5.41) is 0. The molecule has 0 heterocycles. The first-order chi connectivity index (χ1) is 9.35. The molecule has 1 amide bonds. The average molecular weight is 278 g/mol. The maximum atomic E-state index is 12.2. The third-order valence-electron chi connectivity index (χ3n) is 3.26. The zero-order valence-corrected chi connectivity index (χ0v) is 13.1. The van der Waals surface area contributed by atoms with Crippen LogP contribution >= 0.6 is 0 Å². The first-order valence-corrected chi connectivity index (χ1v) is 6.99. The Kier molecular flexibility index (Phi) is 6.02. The molecule has 0 aliphatic carbocycles. The van der Waals surface area contributed by atoms with Crippen molar-refractivity contribution in [3.63, 3.8) is 0 Å². The van der Waals surface area contributed by atoms with Crippen LogP contribution in [0.25, 0.3) is 0 Å². The number of amides is 1. The summed E-state index contributed by atoms with van der Waals surface area (Å²) < 4.78 is 5.34. The molecule has 1 unspecified atom stereocenters. The first-order valence-electron chi connectivity index (χ1n) is 6.99. The Hall–Kier alpha value is -1.55. The van der Waals surface area contributed by atoms with Crippen molar-refractivity contribution in [1.82, 2.24) is 4.90 Å². The van der Waals surface area contributed by atoms with Crippen LogP contribution in [0, 0.1) is 12.8 Å². The number of rotatable bonds is 6. The van der Waals surface area contributed by atoms with Gasteiger partial charge in [-0.15, -0.1) is 0 Å². The van der Waals surface area contributed by atoms with E-state index >= 15 is 0 Å². The molecular weight excluding hydrogens is 252 g/mol. The second kappa shape index (κ2) is 7.29. The molecule has 0 saturated heterocycles. The van der Waals surface area contributed by atoms with Crippen LogP contribution in [-0.4, -0.2) is 31.0 Å². The van der Waals surface area contributed by atoms with Gasteiger partial charge in [0.2, 0.25) is 5.91 Å². The molecule has 0 saturated carbocycles. The number of nitrogens with zero attached hydrogens (tertiary/aromatic N) is 1. The van der Waals surface area contributed by atoms with E-state index in [2.05, 4.69) is 13.8 Å². The van der Waals surface area contributed by atoms with Gasteiger partial charge in [-0.3, -0.25) is 4.79 Å². The lowest BCUT2D eigenvalue weighted by Crippen LogP contribution is -2.42. The number of benzene rings is 1. The summed E-state index contributed by atoms with van der Waals surface area (Å²) in [7, 11) is 3.42. The smallest absolute Gasteiger partial charge is 0.239 e. The normalized spacial score (nSPS) is 12.3. The van der Waals surface area contributed by atoms with Crippen LogP contribution in [0.15, 0.2) is 18.2 Å². The molecule has 0 aliphatic heterocycles. The predicted molar refractivity (Wildman–Crippen MR) is 81.6 cm³/mol. The summed E-state index contributed by atoms with van der Waals surface area (Å²) in [6.07, 6.45) is 0.703. The molecule has 2 N–H and O–H groups in total.